The van der Waals surface area contributed by atoms with Gasteiger partial charge in [0.1, 0.15) is 11.7 Å². The van der Waals surface area contributed by atoms with Crippen LogP contribution in [0, 0.1) is 5.82 Å². The third-order valence-electron chi connectivity index (χ3n) is 6.63. The van der Waals surface area contributed by atoms with Crippen LogP contribution in [0.1, 0.15) is 18.4 Å². The number of anilines is 1. The number of nitrogens with one attached hydrogen (secondary N) is 2. The van der Waals surface area contributed by atoms with E-state index < -0.39 is 5.82 Å². The summed E-state index contributed by atoms with van der Waals surface area (Å²) in [6, 6.07) is 18.9. The number of fused-ring (bicyclic) bond motifs is 1. The van der Waals surface area contributed by atoms with Crippen molar-refractivity contribution >= 4 is 51.6 Å². The molecule has 2 heterocycles. The molecule has 5 rings (SSSR count). The quantitative estimate of drug-likeness (QED) is 0.115. The number of carbonyl (C=O) groups is 1. The van der Waals surface area contributed by atoms with Crippen LogP contribution in [0.3, 0.4) is 0 Å². The first-order valence-corrected chi connectivity index (χ1v) is 15.1. The van der Waals surface area contributed by atoms with Gasteiger partial charge in [0.25, 0.3) is 0 Å². The zero-order valence-electron chi connectivity index (χ0n) is 23.1. The molecule has 1 aromatic heterocycles. The molecule has 0 radical (unpaired) electrons. The number of ether oxygens (including phenoxy) is 3. The normalized spacial score (nSPS) is 13.1. The Balaban J connectivity index is 1.21. The molecule has 1 aliphatic rings. The van der Waals surface area contributed by atoms with Crippen LogP contribution >= 0.6 is 24.0 Å². The van der Waals surface area contributed by atoms with E-state index in [4.69, 9.17) is 26.4 Å². The van der Waals surface area contributed by atoms with Gasteiger partial charge in [-0.2, -0.15) is 0 Å². The second-order valence-electron chi connectivity index (χ2n) is 9.66. The number of carbonyl (C=O) groups excluding carboxylic acids is 1. The van der Waals surface area contributed by atoms with Gasteiger partial charge in [0.05, 0.1) is 19.0 Å². The summed E-state index contributed by atoms with van der Waals surface area (Å²) in [5.41, 5.74) is 1.86. The van der Waals surface area contributed by atoms with Gasteiger partial charge >= 0.3 is 0 Å². The summed E-state index contributed by atoms with van der Waals surface area (Å²) in [4.78, 5) is 19.1. The fraction of sp³-hybridized carbons (Fsp3) is 0.258. The number of thiocarbonyl (C=S) groups is 1. The molecule has 0 saturated carbocycles. The summed E-state index contributed by atoms with van der Waals surface area (Å²) in [7, 11) is 1.57. The molecule has 8 nitrogen and oxygen atoms in total. The number of halogens is 1. The average molecular weight is 607 g/mol. The molecule has 1 fully saturated rings. The van der Waals surface area contributed by atoms with Crippen LogP contribution in [0.2, 0.25) is 0 Å². The second kappa shape index (κ2) is 14.3. The predicted molar refractivity (Wildman–Crippen MR) is 168 cm³/mol. The van der Waals surface area contributed by atoms with Gasteiger partial charge in [0, 0.05) is 35.3 Å². The fourth-order valence-corrected chi connectivity index (χ4v) is 5.60. The number of hydrogen-bond acceptors (Lipinski definition) is 8. The largest absolute Gasteiger partial charge is 0.493 e. The Hall–Kier alpha value is -3.93. The molecular formula is C31H31FN4O4S2. The zero-order valence-corrected chi connectivity index (χ0v) is 24.7. The van der Waals surface area contributed by atoms with Crippen molar-refractivity contribution in [3.8, 4) is 23.0 Å². The van der Waals surface area contributed by atoms with Gasteiger partial charge in [0.15, 0.2) is 28.2 Å². The van der Waals surface area contributed by atoms with E-state index in [0.29, 0.717) is 39.8 Å². The van der Waals surface area contributed by atoms with Crippen molar-refractivity contribution in [1.29, 1.82) is 0 Å². The van der Waals surface area contributed by atoms with Gasteiger partial charge in [-0.15, -0.1) is 11.8 Å². The first-order valence-electron chi connectivity index (χ1n) is 13.5. The van der Waals surface area contributed by atoms with Crippen molar-refractivity contribution in [3.05, 3.63) is 84.3 Å². The highest BCUT2D eigenvalue weighted by molar-refractivity contribution is 7.99. The summed E-state index contributed by atoms with van der Waals surface area (Å²) in [6.07, 6.45) is 4.29. The van der Waals surface area contributed by atoms with E-state index in [1.807, 2.05) is 30.3 Å². The lowest BCUT2D eigenvalue weighted by Crippen LogP contribution is -2.35. The van der Waals surface area contributed by atoms with Gasteiger partial charge < -0.3 is 24.8 Å². The lowest BCUT2D eigenvalue weighted by molar-refractivity contribution is -0.119. The minimum atomic E-state index is -0.606. The summed E-state index contributed by atoms with van der Waals surface area (Å²) in [5.74, 6) is 2.09. The first-order chi connectivity index (χ1) is 20.5. The highest BCUT2D eigenvalue weighted by Gasteiger charge is 2.15. The van der Waals surface area contributed by atoms with Crippen molar-refractivity contribution in [2.75, 3.05) is 37.3 Å². The van der Waals surface area contributed by atoms with Crippen molar-refractivity contribution in [2.45, 2.75) is 19.3 Å². The number of amides is 1. The van der Waals surface area contributed by atoms with E-state index in [1.54, 1.807) is 49.3 Å². The number of aromatic nitrogens is 1. The molecular weight excluding hydrogens is 575 g/mol. The molecule has 0 spiro atoms. The number of thioether (sulfide) groups is 1. The van der Waals surface area contributed by atoms with E-state index in [9.17, 15) is 4.79 Å². The zero-order chi connectivity index (χ0) is 29.3. The average Bonchev–Trinajstić information content (AvgIpc) is 3.50. The summed E-state index contributed by atoms with van der Waals surface area (Å²) < 4.78 is 32.6. The third-order valence-corrected chi connectivity index (χ3v) is 7.66. The maximum Gasteiger partial charge on any atom is 0.230 e. The lowest BCUT2D eigenvalue weighted by Gasteiger charge is -2.16. The molecule has 218 valence electrons. The number of methoxy groups -OCH3 is 1. The third kappa shape index (κ3) is 7.87. The molecule has 0 aliphatic carbocycles. The summed E-state index contributed by atoms with van der Waals surface area (Å²) in [6.45, 7) is 2.28. The molecule has 1 saturated heterocycles. The van der Waals surface area contributed by atoms with Crippen molar-refractivity contribution in [1.82, 2.24) is 15.2 Å². The number of likely N-dealkylation sites (tertiary alicyclic amines) is 1. The van der Waals surface area contributed by atoms with Gasteiger partial charge in [-0.25, -0.2) is 4.39 Å². The Labute approximate surface area is 253 Å². The van der Waals surface area contributed by atoms with Gasteiger partial charge in [0.2, 0.25) is 5.91 Å². The van der Waals surface area contributed by atoms with E-state index in [2.05, 4.69) is 20.5 Å². The highest BCUT2D eigenvalue weighted by Crippen LogP contribution is 2.38. The minimum absolute atomic E-state index is 0.0182. The number of nitrogens with zero attached hydrogens (tertiary/aromatic N) is 2. The van der Waals surface area contributed by atoms with Gasteiger partial charge in [-0.1, -0.05) is 30.3 Å². The molecule has 2 N–H and O–H groups in total. The smallest absolute Gasteiger partial charge is 0.230 e. The maximum absolute atomic E-state index is 15.1. The van der Waals surface area contributed by atoms with E-state index in [-0.39, 0.29) is 23.2 Å². The molecule has 0 unspecified atom stereocenters. The van der Waals surface area contributed by atoms with E-state index in [0.717, 1.165) is 24.5 Å². The van der Waals surface area contributed by atoms with Crippen molar-refractivity contribution in [2.24, 2.45) is 0 Å². The summed E-state index contributed by atoms with van der Waals surface area (Å²) in [5, 5.41) is 6.17. The van der Waals surface area contributed by atoms with Crippen LogP contribution in [0.25, 0.3) is 10.9 Å². The maximum atomic E-state index is 15.1. The Morgan fingerprint density at radius 2 is 1.83 bits per heavy atom. The topological polar surface area (TPSA) is 85.0 Å². The van der Waals surface area contributed by atoms with Crippen LogP contribution in [-0.2, 0) is 11.2 Å². The molecule has 1 aliphatic heterocycles. The van der Waals surface area contributed by atoms with E-state index >= 15 is 4.39 Å². The van der Waals surface area contributed by atoms with Crippen LogP contribution in [0.4, 0.5) is 10.1 Å². The number of benzene rings is 3. The van der Waals surface area contributed by atoms with Crippen LogP contribution < -0.4 is 24.8 Å². The van der Waals surface area contributed by atoms with Crippen molar-refractivity contribution in [3.63, 3.8) is 0 Å². The van der Waals surface area contributed by atoms with Crippen LogP contribution in [0.15, 0.2) is 72.9 Å². The lowest BCUT2D eigenvalue weighted by atomic mass is 10.1. The molecule has 4 aromatic rings. The number of hydrogen-bond donors (Lipinski definition) is 2. The highest BCUT2D eigenvalue weighted by atomic mass is 32.2. The number of pyridine rings is 1. The Morgan fingerprint density at radius 1 is 1.02 bits per heavy atom. The number of rotatable bonds is 11. The fourth-order valence-electron chi connectivity index (χ4n) is 4.57. The monoisotopic (exact) mass is 606 g/mol. The van der Waals surface area contributed by atoms with Gasteiger partial charge in [-0.05, 0) is 68.0 Å². The predicted octanol–water partition coefficient (Wildman–Crippen LogP) is 6.35. The van der Waals surface area contributed by atoms with Crippen molar-refractivity contribution < 1.29 is 23.4 Å². The summed E-state index contributed by atoms with van der Waals surface area (Å²) >= 11 is 6.94. The van der Waals surface area contributed by atoms with Crippen LogP contribution in [-0.4, -0.2) is 52.9 Å². The standard InChI is InChI=1S/C31H31FN4O4S2/c1-38-28-17-23-25(18-29(28)39-20-42-19-36-13-5-6-14-36)33-12-11-26(23)40-27-10-9-22(16-24(27)32)34-31(41)35-30(37)15-21-7-3-2-4-8-21/h2-4,7-12,16-18H,5-6,13-15,19-20H2,1H3,(H2,34,35,37,41). The molecule has 0 bridgehead atoms. The molecule has 42 heavy (non-hydrogen) atoms. The molecule has 11 heteroatoms. The molecule has 0 atom stereocenters. The van der Waals surface area contributed by atoms with Crippen LogP contribution in [0.5, 0.6) is 23.0 Å². The Morgan fingerprint density at radius 3 is 2.60 bits per heavy atom. The second-order valence-corrected chi connectivity index (χ2v) is 11.0. The molecule has 3 aromatic carbocycles. The van der Waals surface area contributed by atoms with E-state index in [1.165, 1.54) is 25.0 Å². The van der Waals surface area contributed by atoms with Gasteiger partial charge in [-0.3, -0.25) is 14.7 Å². The Kier molecular flexibility index (Phi) is 10.1. The molecule has 1 amide bonds. The first kappa shape index (κ1) is 29.6. The Bertz CT molecular complexity index is 1550. The SMILES string of the molecule is COc1cc2c(Oc3ccc(NC(=S)NC(=O)Cc4ccccc4)cc3F)ccnc2cc1OCSCN1CCCC1. The minimum Gasteiger partial charge on any atom is -0.493 e.